The van der Waals surface area contributed by atoms with Crippen LogP contribution in [0, 0.1) is 0 Å². The van der Waals surface area contributed by atoms with Gasteiger partial charge in [0.15, 0.2) is 0 Å². The largest absolute Gasteiger partial charge is 0.374 e. The van der Waals surface area contributed by atoms with Crippen molar-refractivity contribution < 1.29 is 4.74 Å². The van der Waals surface area contributed by atoms with Gasteiger partial charge in [-0.05, 0) is 19.3 Å². The molecule has 0 spiro atoms. The van der Waals surface area contributed by atoms with E-state index in [4.69, 9.17) is 10.5 Å². The Bertz CT molecular complexity index is 119. The third-order valence-corrected chi connectivity index (χ3v) is 2.79. The van der Waals surface area contributed by atoms with Gasteiger partial charge in [-0.2, -0.15) is 0 Å². The summed E-state index contributed by atoms with van der Waals surface area (Å²) in [6.07, 6.45) is 7.31. The average Bonchev–Trinajstić information content (AvgIpc) is 2.55. The predicted octanol–water partition coefficient (Wildman–Crippen LogP) is 2.07. The summed E-state index contributed by atoms with van der Waals surface area (Å²) in [5.41, 5.74) is 5.79. The summed E-state index contributed by atoms with van der Waals surface area (Å²) < 4.78 is 5.86. The minimum atomic E-state index is 0.0647. The summed E-state index contributed by atoms with van der Waals surface area (Å²) in [4.78, 5) is 0. The van der Waals surface area contributed by atoms with Crippen molar-refractivity contribution in [3.63, 3.8) is 0 Å². The van der Waals surface area contributed by atoms with E-state index in [1.54, 1.807) is 0 Å². The minimum Gasteiger partial charge on any atom is -0.374 e. The second kappa shape index (κ2) is 4.83. The highest BCUT2D eigenvalue weighted by molar-refractivity contribution is 4.87. The molecule has 0 aliphatic heterocycles. The van der Waals surface area contributed by atoms with Gasteiger partial charge >= 0.3 is 0 Å². The number of hydrogen-bond acceptors (Lipinski definition) is 2. The van der Waals surface area contributed by atoms with Gasteiger partial charge in [0.25, 0.3) is 0 Å². The van der Waals surface area contributed by atoms with Gasteiger partial charge in [-0.15, -0.1) is 0 Å². The van der Waals surface area contributed by atoms with Crippen LogP contribution in [-0.4, -0.2) is 18.8 Å². The molecule has 1 aliphatic carbocycles. The van der Waals surface area contributed by atoms with E-state index in [0.717, 1.165) is 6.61 Å². The van der Waals surface area contributed by atoms with Crippen LogP contribution < -0.4 is 5.73 Å². The van der Waals surface area contributed by atoms with E-state index in [-0.39, 0.29) is 5.60 Å². The van der Waals surface area contributed by atoms with E-state index in [1.807, 2.05) is 0 Å². The number of hydrogen-bond donors (Lipinski definition) is 1. The lowest BCUT2D eigenvalue weighted by Crippen LogP contribution is -2.38. The molecule has 0 saturated heterocycles. The summed E-state index contributed by atoms with van der Waals surface area (Å²) in [6, 6.07) is 0. The van der Waals surface area contributed by atoms with Crippen LogP contribution in [0.1, 0.15) is 45.4 Å². The zero-order chi connectivity index (χ0) is 8.86. The molecule has 0 unspecified atom stereocenters. The Hall–Kier alpha value is -0.0800. The van der Waals surface area contributed by atoms with Gasteiger partial charge in [-0.3, -0.25) is 0 Å². The van der Waals surface area contributed by atoms with Crippen molar-refractivity contribution in [2.24, 2.45) is 5.73 Å². The van der Waals surface area contributed by atoms with Crippen molar-refractivity contribution in [2.75, 3.05) is 13.2 Å². The number of ether oxygens (including phenoxy) is 1. The Labute approximate surface area is 75.5 Å². The summed E-state index contributed by atoms with van der Waals surface area (Å²) >= 11 is 0. The average molecular weight is 171 g/mol. The molecule has 0 heterocycles. The van der Waals surface area contributed by atoms with Crippen LogP contribution in [0.15, 0.2) is 0 Å². The van der Waals surface area contributed by atoms with Crippen LogP contribution in [0.25, 0.3) is 0 Å². The molecule has 1 saturated carbocycles. The lowest BCUT2D eigenvalue weighted by molar-refractivity contribution is -0.0346. The lowest BCUT2D eigenvalue weighted by atomic mass is 10.0. The van der Waals surface area contributed by atoms with Crippen LogP contribution in [0.2, 0.25) is 0 Å². The zero-order valence-electron chi connectivity index (χ0n) is 8.14. The maximum atomic E-state index is 5.86. The maximum absolute atomic E-state index is 5.86. The van der Waals surface area contributed by atoms with Crippen LogP contribution >= 0.6 is 0 Å². The molecule has 0 radical (unpaired) electrons. The Morgan fingerprint density at radius 2 is 2.00 bits per heavy atom. The van der Waals surface area contributed by atoms with Crippen molar-refractivity contribution in [3.05, 3.63) is 0 Å². The topological polar surface area (TPSA) is 35.2 Å². The molecule has 2 heteroatoms. The monoisotopic (exact) mass is 171 g/mol. The Morgan fingerprint density at radius 1 is 1.33 bits per heavy atom. The molecule has 0 atom stereocenters. The highest BCUT2D eigenvalue weighted by Crippen LogP contribution is 2.32. The van der Waals surface area contributed by atoms with E-state index >= 15 is 0 Å². The summed E-state index contributed by atoms with van der Waals surface area (Å²) in [5.74, 6) is 0. The number of unbranched alkanes of at least 4 members (excludes halogenated alkanes) is 1. The zero-order valence-corrected chi connectivity index (χ0v) is 8.14. The molecule has 1 fully saturated rings. The van der Waals surface area contributed by atoms with Crippen molar-refractivity contribution in [1.82, 2.24) is 0 Å². The quantitative estimate of drug-likeness (QED) is 0.643. The Balaban J connectivity index is 2.24. The van der Waals surface area contributed by atoms with Gasteiger partial charge in [0.2, 0.25) is 0 Å². The van der Waals surface area contributed by atoms with E-state index < -0.39 is 0 Å². The van der Waals surface area contributed by atoms with Crippen molar-refractivity contribution in [2.45, 2.75) is 51.0 Å². The molecule has 2 nitrogen and oxygen atoms in total. The molecule has 1 rings (SSSR count). The molecule has 1 aliphatic rings. The second-order valence-corrected chi connectivity index (χ2v) is 3.80. The Morgan fingerprint density at radius 3 is 2.50 bits per heavy atom. The maximum Gasteiger partial charge on any atom is 0.0804 e. The summed E-state index contributed by atoms with van der Waals surface area (Å²) in [7, 11) is 0. The highest BCUT2D eigenvalue weighted by Gasteiger charge is 2.32. The smallest absolute Gasteiger partial charge is 0.0804 e. The molecule has 12 heavy (non-hydrogen) atoms. The van der Waals surface area contributed by atoms with E-state index in [1.165, 1.54) is 38.5 Å². The van der Waals surface area contributed by atoms with Crippen molar-refractivity contribution in [3.8, 4) is 0 Å². The molecule has 72 valence electrons. The van der Waals surface area contributed by atoms with E-state index in [2.05, 4.69) is 6.92 Å². The van der Waals surface area contributed by atoms with Crippen molar-refractivity contribution >= 4 is 0 Å². The molecule has 0 aromatic carbocycles. The highest BCUT2D eigenvalue weighted by atomic mass is 16.5. The van der Waals surface area contributed by atoms with Gasteiger partial charge in [-0.25, -0.2) is 0 Å². The van der Waals surface area contributed by atoms with Gasteiger partial charge in [0, 0.05) is 13.2 Å². The molecule has 0 amide bonds. The van der Waals surface area contributed by atoms with Crippen molar-refractivity contribution in [1.29, 1.82) is 0 Å². The third-order valence-electron chi connectivity index (χ3n) is 2.79. The fourth-order valence-electron chi connectivity index (χ4n) is 1.86. The fourth-order valence-corrected chi connectivity index (χ4v) is 1.86. The number of nitrogens with two attached hydrogens (primary N) is 1. The lowest BCUT2D eigenvalue weighted by Gasteiger charge is -2.27. The normalized spacial score (nSPS) is 21.5. The van der Waals surface area contributed by atoms with Gasteiger partial charge in [0.05, 0.1) is 5.60 Å². The van der Waals surface area contributed by atoms with Crippen LogP contribution in [0.3, 0.4) is 0 Å². The van der Waals surface area contributed by atoms with Crippen LogP contribution in [0.5, 0.6) is 0 Å². The van der Waals surface area contributed by atoms with E-state index in [0.29, 0.717) is 6.54 Å². The predicted molar refractivity (Wildman–Crippen MR) is 51.1 cm³/mol. The molecule has 2 N–H and O–H groups in total. The first-order chi connectivity index (χ1) is 5.83. The van der Waals surface area contributed by atoms with Gasteiger partial charge in [0.1, 0.15) is 0 Å². The number of rotatable bonds is 5. The van der Waals surface area contributed by atoms with Crippen LogP contribution in [-0.2, 0) is 4.74 Å². The summed E-state index contributed by atoms with van der Waals surface area (Å²) in [6.45, 7) is 3.79. The first-order valence-electron chi connectivity index (χ1n) is 5.17. The minimum absolute atomic E-state index is 0.0647. The summed E-state index contributed by atoms with van der Waals surface area (Å²) in [5, 5.41) is 0. The molecular weight excluding hydrogens is 150 g/mol. The SMILES string of the molecule is CCCCOC1(CN)CCCC1. The third kappa shape index (κ3) is 2.46. The standard InChI is InChI=1S/C10H21NO/c1-2-3-8-12-10(9-11)6-4-5-7-10/h2-9,11H2,1H3. The molecular formula is C10H21NO. The van der Waals surface area contributed by atoms with Gasteiger partial charge in [-0.1, -0.05) is 26.2 Å². The second-order valence-electron chi connectivity index (χ2n) is 3.80. The Kier molecular flexibility index (Phi) is 4.02. The fraction of sp³-hybridized carbons (Fsp3) is 1.00. The van der Waals surface area contributed by atoms with E-state index in [9.17, 15) is 0 Å². The van der Waals surface area contributed by atoms with Crippen LogP contribution in [0.4, 0.5) is 0 Å². The molecule has 0 aromatic rings. The molecule has 0 aromatic heterocycles. The first-order valence-corrected chi connectivity index (χ1v) is 5.17. The van der Waals surface area contributed by atoms with Gasteiger partial charge < -0.3 is 10.5 Å². The molecule has 0 bridgehead atoms. The first kappa shape index (κ1) is 10.0.